The van der Waals surface area contributed by atoms with E-state index < -0.39 is 0 Å². The molecule has 0 radical (unpaired) electrons. The van der Waals surface area contributed by atoms with Gasteiger partial charge in [-0.2, -0.15) is 0 Å². The molecule has 40 valence electrons. The molecule has 0 heterocycles. The SMILES string of the molecule is O=C([NH2+][O-])C1CC1. The van der Waals surface area contributed by atoms with E-state index >= 15 is 0 Å². The highest BCUT2D eigenvalue weighted by molar-refractivity contribution is 5.71. The lowest BCUT2D eigenvalue weighted by Gasteiger charge is -1.93. The highest BCUT2D eigenvalue weighted by atomic mass is 16.5. The molecule has 1 rings (SSSR count). The van der Waals surface area contributed by atoms with E-state index in [1.807, 2.05) is 0 Å². The molecule has 0 aromatic rings. The van der Waals surface area contributed by atoms with Gasteiger partial charge in [0.25, 0.3) is 0 Å². The number of quaternary nitrogens is 1. The van der Waals surface area contributed by atoms with Gasteiger partial charge in [-0.1, -0.05) is 0 Å². The molecule has 0 bridgehead atoms. The molecular weight excluding hydrogens is 94.0 g/mol. The molecule has 3 heteroatoms. The molecule has 2 N–H and O–H groups in total. The summed E-state index contributed by atoms with van der Waals surface area (Å²) in [6.45, 7) is 0. The maximum absolute atomic E-state index is 10.2. The predicted octanol–water partition coefficient (Wildman–Crippen LogP) is -1.02. The monoisotopic (exact) mass is 101 g/mol. The van der Waals surface area contributed by atoms with E-state index in [9.17, 15) is 10.0 Å². The number of hydroxylamine groups is 1. The molecule has 0 unspecified atom stereocenters. The van der Waals surface area contributed by atoms with Crippen molar-refractivity contribution >= 4 is 5.91 Å². The predicted molar refractivity (Wildman–Crippen MR) is 23.0 cm³/mol. The third-order valence-electron chi connectivity index (χ3n) is 1.10. The Kier molecular flexibility index (Phi) is 1.08. The molecule has 0 aromatic heterocycles. The molecular formula is C4H7NO2. The molecule has 1 fully saturated rings. The van der Waals surface area contributed by atoms with Crippen molar-refractivity contribution in [3.05, 3.63) is 5.21 Å². The van der Waals surface area contributed by atoms with E-state index in [1.165, 1.54) is 0 Å². The molecule has 0 atom stereocenters. The molecule has 0 aromatic carbocycles. The number of primary amides is 1. The Morgan fingerprint density at radius 2 is 2.29 bits per heavy atom. The summed E-state index contributed by atoms with van der Waals surface area (Å²) in [5.41, 5.74) is 0.414. The van der Waals surface area contributed by atoms with E-state index in [-0.39, 0.29) is 11.8 Å². The Hall–Kier alpha value is -0.410. The van der Waals surface area contributed by atoms with Crippen LogP contribution in [0.1, 0.15) is 12.8 Å². The number of nitrogens with two attached hydrogens (primary N) is 1. The lowest BCUT2D eigenvalue weighted by molar-refractivity contribution is -0.502. The maximum Gasteiger partial charge on any atom is 0.313 e. The smallest absolute Gasteiger partial charge is 0.313 e. The fourth-order valence-corrected chi connectivity index (χ4v) is 0.464. The van der Waals surface area contributed by atoms with Gasteiger partial charge in [0, 0.05) is 0 Å². The summed E-state index contributed by atoms with van der Waals surface area (Å²) in [6, 6.07) is 0. The fraction of sp³-hybridized carbons (Fsp3) is 0.750. The second kappa shape index (κ2) is 1.60. The first-order valence-corrected chi connectivity index (χ1v) is 2.33. The zero-order chi connectivity index (χ0) is 5.28. The van der Waals surface area contributed by atoms with Gasteiger partial charge in [-0.3, -0.25) is 0 Å². The van der Waals surface area contributed by atoms with Gasteiger partial charge in [0.1, 0.15) is 0 Å². The van der Waals surface area contributed by atoms with Crippen molar-refractivity contribution in [2.24, 2.45) is 5.92 Å². The van der Waals surface area contributed by atoms with E-state index in [2.05, 4.69) is 0 Å². The summed E-state index contributed by atoms with van der Waals surface area (Å²) < 4.78 is 0. The standard InChI is InChI=1S/C4H7NO2/c6-4(5-7)3-1-2-3/h3H,1-2,5H2. The third kappa shape index (κ3) is 0.976. The van der Waals surface area contributed by atoms with E-state index in [0.717, 1.165) is 12.8 Å². The molecule has 1 saturated carbocycles. The van der Waals surface area contributed by atoms with Crippen LogP contribution in [0.3, 0.4) is 0 Å². The Bertz CT molecular complexity index is 87.7. The summed E-state index contributed by atoms with van der Waals surface area (Å²) in [5, 5.41) is 9.64. The van der Waals surface area contributed by atoms with Crippen molar-refractivity contribution in [3.8, 4) is 0 Å². The van der Waals surface area contributed by atoms with Gasteiger partial charge in [-0.15, -0.1) is 0 Å². The lowest BCUT2D eigenvalue weighted by atomic mass is 10.4. The summed E-state index contributed by atoms with van der Waals surface area (Å²) in [5.74, 6) is -0.113. The second-order valence-corrected chi connectivity index (χ2v) is 1.79. The summed E-state index contributed by atoms with van der Waals surface area (Å²) >= 11 is 0. The van der Waals surface area contributed by atoms with Gasteiger partial charge in [-0.05, 0) is 12.8 Å². The topological polar surface area (TPSA) is 56.7 Å². The molecule has 1 amide bonds. The minimum atomic E-state index is -0.222. The average Bonchev–Trinajstić information content (AvgIpc) is 2.44. The van der Waals surface area contributed by atoms with Gasteiger partial charge in [0.2, 0.25) is 0 Å². The van der Waals surface area contributed by atoms with Crippen molar-refractivity contribution in [1.29, 1.82) is 0 Å². The molecule has 1 aliphatic carbocycles. The first-order valence-electron chi connectivity index (χ1n) is 2.33. The quantitative estimate of drug-likeness (QED) is 0.430. The third-order valence-corrected chi connectivity index (χ3v) is 1.10. The number of amides is 1. The van der Waals surface area contributed by atoms with E-state index in [1.54, 1.807) is 0 Å². The van der Waals surface area contributed by atoms with Crippen molar-refractivity contribution in [1.82, 2.24) is 0 Å². The van der Waals surface area contributed by atoms with Crippen LogP contribution in [0, 0.1) is 11.1 Å². The largest absolute Gasteiger partial charge is 0.628 e. The van der Waals surface area contributed by atoms with Crippen LogP contribution in [0.5, 0.6) is 0 Å². The number of hydrogen-bond acceptors (Lipinski definition) is 2. The molecule has 1 aliphatic rings. The minimum absolute atomic E-state index is 0.109. The van der Waals surface area contributed by atoms with Crippen LogP contribution in [0.2, 0.25) is 0 Å². The van der Waals surface area contributed by atoms with Crippen LogP contribution in [-0.4, -0.2) is 5.91 Å². The number of carbonyl (C=O) groups excluding carboxylic acids is 1. The highest BCUT2D eigenvalue weighted by Gasteiger charge is 2.31. The van der Waals surface area contributed by atoms with Gasteiger partial charge < -0.3 is 10.7 Å². The summed E-state index contributed by atoms with van der Waals surface area (Å²) in [4.78, 5) is 10.2. The van der Waals surface area contributed by atoms with Gasteiger partial charge in [0.05, 0.1) is 5.92 Å². The zero-order valence-electron chi connectivity index (χ0n) is 3.89. The fourth-order valence-electron chi connectivity index (χ4n) is 0.464. The van der Waals surface area contributed by atoms with Crippen LogP contribution in [0.4, 0.5) is 0 Å². The molecule has 0 aliphatic heterocycles. The summed E-state index contributed by atoms with van der Waals surface area (Å²) in [6.07, 6.45) is 1.86. The van der Waals surface area contributed by atoms with Crippen LogP contribution in [0.15, 0.2) is 0 Å². The Morgan fingerprint density at radius 3 is 2.43 bits per heavy atom. The van der Waals surface area contributed by atoms with Crippen LogP contribution in [-0.2, 0) is 4.79 Å². The maximum atomic E-state index is 10.2. The molecule has 0 saturated heterocycles. The van der Waals surface area contributed by atoms with Crippen molar-refractivity contribution in [2.75, 3.05) is 0 Å². The van der Waals surface area contributed by atoms with Gasteiger partial charge in [0.15, 0.2) is 0 Å². The number of rotatable bonds is 1. The first kappa shape index (κ1) is 4.74. The number of carbonyl (C=O) groups is 1. The Labute approximate surface area is 41.3 Å². The first-order chi connectivity index (χ1) is 3.34. The zero-order valence-corrected chi connectivity index (χ0v) is 3.89. The second-order valence-electron chi connectivity index (χ2n) is 1.79. The van der Waals surface area contributed by atoms with Gasteiger partial charge >= 0.3 is 5.91 Å². The highest BCUT2D eigenvalue weighted by Crippen LogP contribution is 2.27. The Morgan fingerprint density at radius 1 is 1.71 bits per heavy atom. The normalized spacial score (nSPS) is 19.6. The van der Waals surface area contributed by atoms with Crippen molar-refractivity contribution < 1.29 is 10.3 Å². The molecule has 0 spiro atoms. The van der Waals surface area contributed by atoms with Crippen LogP contribution in [0.25, 0.3) is 0 Å². The number of hydrogen-bond donors (Lipinski definition) is 1. The minimum Gasteiger partial charge on any atom is -0.628 e. The average molecular weight is 101 g/mol. The van der Waals surface area contributed by atoms with Crippen LogP contribution >= 0.6 is 0 Å². The van der Waals surface area contributed by atoms with Crippen LogP contribution < -0.4 is 5.48 Å². The molecule has 7 heavy (non-hydrogen) atoms. The van der Waals surface area contributed by atoms with E-state index in [4.69, 9.17) is 0 Å². The van der Waals surface area contributed by atoms with Crippen molar-refractivity contribution in [2.45, 2.75) is 12.8 Å². The summed E-state index contributed by atoms with van der Waals surface area (Å²) in [7, 11) is 0. The Balaban J connectivity index is 2.24. The van der Waals surface area contributed by atoms with E-state index in [0.29, 0.717) is 5.48 Å². The van der Waals surface area contributed by atoms with Gasteiger partial charge in [-0.25, -0.2) is 4.79 Å². The van der Waals surface area contributed by atoms with Crippen molar-refractivity contribution in [3.63, 3.8) is 0 Å². The lowest BCUT2D eigenvalue weighted by Crippen LogP contribution is -2.82. The molecule has 3 nitrogen and oxygen atoms in total.